The molecule has 0 aliphatic carbocycles. The second-order valence-electron chi connectivity index (χ2n) is 6.42. The van der Waals surface area contributed by atoms with E-state index in [2.05, 4.69) is 32.0 Å². The molecule has 0 radical (unpaired) electrons. The molecule has 0 saturated carbocycles. The van der Waals surface area contributed by atoms with Gasteiger partial charge in [-0.2, -0.15) is 0 Å². The molecule has 1 fully saturated rings. The lowest BCUT2D eigenvalue weighted by molar-refractivity contribution is 0.373. The zero-order chi connectivity index (χ0) is 18.5. The Bertz CT molecular complexity index is 754. The minimum Gasteiger partial charge on any atom is -0.368 e. The molecule has 3 rings (SSSR count). The average Bonchev–Trinajstić information content (AvgIpc) is 2.97. The van der Waals surface area contributed by atoms with Gasteiger partial charge in [-0.05, 0) is 38.1 Å². The summed E-state index contributed by atoms with van der Waals surface area (Å²) >= 11 is 1.77. The number of aliphatic imine (C=N–C) groups is 1. The largest absolute Gasteiger partial charge is 0.368 e. The summed E-state index contributed by atoms with van der Waals surface area (Å²) in [6.07, 6.45) is 0.964. The van der Waals surface area contributed by atoms with Crippen LogP contribution in [0.5, 0.6) is 0 Å². The fourth-order valence-corrected chi connectivity index (χ4v) is 4.19. The Kier molecular flexibility index (Phi) is 8.28. The molecule has 1 aliphatic rings. The van der Waals surface area contributed by atoms with Gasteiger partial charge in [-0.25, -0.2) is 9.37 Å². The number of benzene rings is 1. The van der Waals surface area contributed by atoms with Gasteiger partial charge in [0.2, 0.25) is 0 Å². The maximum Gasteiger partial charge on any atom is 0.193 e. The van der Waals surface area contributed by atoms with Crippen LogP contribution in [0.1, 0.15) is 15.6 Å². The van der Waals surface area contributed by atoms with E-state index in [1.807, 2.05) is 26.1 Å². The van der Waals surface area contributed by atoms with Crippen molar-refractivity contribution in [3.63, 3.8) is 0 Å². The van der Waals surface area contributed by atoms with Crippen LogP contribution in [0.25, 0.3) is 0 Å². The van der Waals surface area contributed by atoms with Gasteiger partial charge < -0.3 is 15.1 Å². The summed E-state index contributed by atoms with van der Waals surface area (Å²) < 4.78 is 13.1. The first kappa shape index (κ1) is 21.9. The lowest BCUT2D eigenvalue weighted by Crippen LogP contribution is -2.52. The first-order valence-corrected chi connectivity index (χ1v) is 9.77. The highest BCUT2D eigenvalue weighted by molar-refractivity contribution is 14.0. The second kappa shape index (κ2) is 10.2. The molecule has 148 valence electrons. The van der Waals surface area contributed by atoms with Crippen LogP contribution in [0.4, 0.5) is 10.1 Å². The van der Waals surface area contributed by atoms with Crippen LogP contribution in [0.2, 0.25) is 0 Å². The summed E-state index contributed by atoms with van der Waals surface area (Å²) in [6, 6.07) is 6.73. The van der Waals surface area contributed by atoms with Crippen molar-refractivity contribution in [2.24, 2.45) is 4.99 Å². The van der Waals surface area contributed by atoms with Crippen molar-refractivity contribution in [2.75, 3.05) is 44.7 Å². The molecule has 5 nitrogen and oxygen atoms in total. The molecule has 1 saturated heterocycles. The number of thiazole rings is 1. The average molecular weight is 503 g/mol. The number of aryl methyl sites for hydroxylation is 2. The SMILES string of the molecule is CN=C(NCCc1sc(C)nc1C)N1CCN(c2ccc(F)cc2)CC1.I. The van der Waals surface area contributed by atoms with Gasteiger partial charge >= 0.3 is 0 Å². The normalized spacial score (nSPS) is 14.9. The molecule has 1 N–H and O–H groups in total. The third-order valence-electron chi connectivity index (χ3n) is 4.62. The first-order chi connectivity index (χ1) is 12.6. The Morgan fingerprint density at radius 2 is 1.85 bits per heavy atom. The van der Waals surface area contributed by atoms with Crippen molar-refractivity contribution in [2.45, 2.75) is 20.3 Å². The standard InChI is InChI=1S/C19H26FN5S.HI/c1-14-18(26-15(2)23-14)8-9-22-19(21-3)25-12-10-24(11-13-25)17-6-4-16(20)5-7-17;/h4-7H,8-13H2,1-3H3,(H,21,22);1H. The van der Waals surface area contributed by atoms with Crippen LogP contribution >= 0.6 is 35.3 Å². The third-order valence-corrected chi connectivity index (χ3v) is 5.75. The van der Waals surface area contributed by atoms with Gasteiger partial charge in [-0.1, -0.05) is 0 Å². The predicted molar refractivity (Wildman–Crippen MR) is 122 cm³/mol. The van der Waals surface area contributed by atoms with E-state index in [1.54, 1.807) is 11.3 Å². The van der Waals surface area contributed by atoms with Gasteiger partial charge in [-0.3, -0.25) is 4.99 Å². The number of hydrogen-bond donors (Lipinski definition) is 1. The Hall–Kier alpha value is -1.42. The van der Waals surface area contributed by atoms with Gasteiger partial charge in [-0.15, -0.1) is 35.3 Å². The minimum atomic E-state index is -0.191. The zero-order valence-electron chi connectivity index (χ0n) is 16.0. The molecule has 2 heterocycles. The summed E-state index contributed by atoms with van der Waals surface area (Å²) in [5.41, 5.74) is 2.21. The van der Waals surface area contributed by atoms with Gasteiger partial charge in [0, 0.05) is 56.8 Å². The number of piperazine rings is 1. The minimum absolute atomic E-state index is 0. The van der Waals surface area contributed by atoms with Crippen molar-refractivity contribution in [1.82, 2.24) is 15.2 Å². The second-order valence-corrected chi connectivity index (χ2v) is 7.70. The fraction of sp³-hybridized carbons (Fsp3) is 0.474. The Morgan fingerprint density at radius 1 is 1.19 bits per heavy atom. The van der Waals surface area contributed by atoms with E-state index in [1.165, 1.54) is 17.0 Å². The van der Waals surface area contributed by atoms with Crippen molar-refractivity contribution in [3.8, 4) is 0 Å². The molecule has 0 spiro atoms. The predicted octanol–water partition coefficient (Wildman–Crippen LogP) is 3.46. The topological polar surface area (TPSA) is 43.8 Å². The van der Waals surface area contributed by atoms with Gasteiger partial charge in [0.25, 0.3) is 0 Å². The molecular formula is C19H27FIN5S. The number of rotatable bonds is 4. The van der Waals surface area contributed by atoms with Gasteiger partial charge in [0.15, 0.2) is 5.96 Å². The van der Waals surface area contributed by atoms with E-state index in [4.69, 9.17) is 0 Å². The van der Waals surface area contributed by atoms with E-state index in [9.17, 15) is 4.39 Å². The summed E-state index contributed by atoms with van der Waals surface area (Å²) in [5.74, 6) is 0.756. The van der Waals surface area contributed by atoms with Crippen LogP contribution in [-0.4, -0.2) is 55.6 Å². The highest BCUT2D eigenvalue weighted by atomic mass is 127. The highest BCUT2D eigenvalue weighted by Crippen LogP contribution is 2.18. The van der Waals surface area contributed by atoms with Crippen LogP contribution in [-0.2, 0) is 6.42 Å². The number of hydrogen-bond acceptors (Lipinski definition) is 4. The van der Waals surface area contributed by atoms with E-state index in [0.29, 0.717) is 0 Å². The van der Waals surface area contributed by atoms with Gasteiger partial charge in [0.1, 0.15) is 5.82 Å². The smallest absolute Gasteiger partial charge is 0.193 e. The number of aromatic nitrogens is 1. The number of nitrogens with zero attached hydrogens (tertiary/aromatic N) is 4. The summed E-state index contributed by atoms with van der Waals surface area (Å²) in [7, 11) is 1.83. The lowest BCUT2D eigenvalue weighted by atomic mass is 10.2. The molecule has 8 heteroatoms. The Labute approximate surface area is 181 Å². The summed E-state index contributed by atoms with van der Waals surface area (Å²) in [4.78, 5) is 14.8. The number of guanidine groups is 1. The monoisotopic (exact) mass is 503 g/mol. The number of anilines is 1. The first-order valence-electron chi connectivity index (χ1n) is 8.96. The molecule has 1 aromatic carbocycles. The molecule has 0 amide bonds. The van der Waals surface area contributed by atoms with Gasteiger partial charge in [0.05, 0.1) is 10.7 Å². The van der Waals surface area contributed by atoms with E-state index in [0.717, 1.165) is 61.5 Å². The lowest BCUT2D eigenvalue weighted by Gasteiger charge is -2.37. The molecule has 0 unspecified atom stereocenters. The maximum atomic E-state index is 13.1. The summed E-state index contributed by atoms with van der Waals surface area (Å²) in [5, 5.41) is 4.60. The Balaban J connectivity index is 0.00000261. The zero-order valence-corrected chi connectivity index (χ0v) is 19.2. The van der Waals surface area contributed by atoms with Crippen LogP contribution < -0.4 is 10.2 Å². The molecule has 0 bridgehead atoms. The third kappa shape index (κ3) is 5.78. The van der Waals surface area contributed by atoms with Crippen molar-refractivity contribution < 1.29 is 4.39 Å². The van der Waals surface area contributed by atoms with Crippen LogP contribution in [0.15, 0.2) is 29.3 Å². The van der Waals surface area contributed by atoms with Crippen molar-refractivity contribution in [1.29, 1.82) is 0 Å². The molecule has 2 aromatic rings. The van der Waals surface area contributed by atoms with Crippen LogP contribution in [0.3, 0.4) is 0 Å². The maximum absolute atomic E-state index is 13.1. The fourth-order valence-electron chi connectivity index (χ4n) is 3.25. The van der Waals surface area contributed by atoms with Crippen molar-refractivity contribution in [3.05, 3.63) is 45.7 Å². The van der Waals surface area contributed by atoms with E-state index >= 15 is 0 Å². The molecule has 1 aromatic heterocycles. The van der Waals surface area contributed by atoms with Crippen LogP contribution in [0, 0.1) is 19.7 Å². The Morgan fingerprint density at radius 3 is 2.41 bits per heavy atom. The number of halogens is 2. The molecule has 0 atom stereocenters. The van der Waals surface area contributed by atoms with E-state index < -0.39 is 0 Å². The summed E-state index contributed by atoms with van der Waals surface area (Å²) in [6.45, 7) is 8.58. The molecule has 1 aliphatic heterocycles. The molecular weight excluding hydrogens is 476 g/mol. The van der Waals surface area contributed by atoms with E-state index in [-0.39, 0.29) is 29.8 Å². The van der Waals surface area contributed by atoms with Crippen molar-refractivity contribution >= 4 is 47.0 Å². The highest BCUT2D eigenvalue weighted by Gasteiger charge is 2.19. The number of nitrogens with one attached hydrogen (secondary N) is 1. The molecule has 27 heavy (non-hydrogen) atoms. The quantitative estimate of drug-likeness (QED) is 0.395.